The maximum Gasteiger partial charge on any atom is 0.175 e. The fourth-order valence-electron chi connectivity index (χ4n) is 1.11. The molecule has 3 heteroatoms. The molecule has 68 valence electrons. The highest BCUT2D eigenvalue weighted by Gasteiger charge is 2.08. The van der Waals surface area contributed by atoms with E-state index in [0.717, 1.165) is 12.0 Å². The highest BCUT2D eigenvalue weighted by molar-refractivity contribution is 5.53. The minimum atomic E-state index is -0.0813. The standard InChI is InChI=1S/C10H11NO2/c1-3-7-4-8(6-11)10(12)9(5-7)13-2/h4-5,12H,3H2,1-2H3. The number of aromatic hydroxyl groups is 1. The summed E-state index contributed by atoms with van der Waals surface area (Å²) in [6, 6.07) is 5.31. The van der Waals surface area contributed by atoms with Gasteiger partial charge in [0.2, 0.25) is 0 Å². The second-order valence-electron chi connectivity index (χ2n) is 2.66. The Morgan fingerprint density at radius 2 is 2.23 bits per heavy atom. The first kappa shape index (κ1) is 9.40. The van der Waals surface area contributed by atoms with E-state index in [2.05, 4.69) is 0 Å². The molecule has 0 amide bonds. The Kier molecular flexibility index (Phi) is 2.76. The van der Waals surface area contributed by atoms with E-state index < -0.39 is 0 Å². The molecule has 1 N–H and O–H groups in total. The molecule has 0 atom stereocenters. The molecule has 3 nitrogen and oxygen atoms in total. The van der Waals surface area contributed by atoms with E-state index in [1.165, 1.54) is 7.11 Å². The number of hydrogen-bond donors (Lipinski definition) is 1. The highest BCUT2D eigenvalue weighted by atomic mass is 16.5. The molecule has 0 radical (unpaired) electrons. The maximum absolute atomic E-state index is 9.46. The Morgan fingerprint density at radius 1 is 1.54 bits per heavy atom. The van der Waals surface area contributed by atoms with Crippen molar-refractivity contribution in [3.63, 3.8) is 0 Å². The Morgan fingerprint density at radius 3 is 2.69 bits per heavy atom. The highest BCUT2D eigenvalue weighted by Crippen LogP contribution is 2.30. The Labute approximate surface area is 77.2 Å². The third kappa shape index (κ3) is 1.73. The fourth-order valence-corrected chi connectivity index (χ4v) is 1.11. The van der Waals surface area contributed by atoms with Crippen LogP contribution >= 0.6 is 0 Å². The molecule has 0 unspecified atom stereocenters. The second-order valence-corrected chi connectivity index (χ2v) is 2.66. The molecule has 1 rings (SSSR count). The van der Waals surface area contributed by atoms with Gasteiger partial charge in [-0.05, 0) is 24.1 Å². The SMILES string of the molecule is CCc1cc(C#N)c(O)c(OC)c1. The number of ether oxygens (including phenoxy) is 1. The smallest absolute Gasteiger partial charge is 0.175 e. The molecule has 0 saturated carbocycles. The van der Waals surface area contributed by atoms with Crippen LogP contribution in [0.2, 0.25) is 0 Å². The number of hydrogen-bond acceptors (Lipinski definition) is 3. The molecular formula is C10H11NO2. The number of rotatable bonds is 2. The summed E-state index contributed by atoms with van der Waals surface area (Å²) in [4.78, 5) is 0. The minimum Gasteiger partial charge on any atom is -0.503 e. The molecule has 0 spiro atoms. The van der Waals surface area contributed by atoms with Crippen LogP contribution in [0.4, 0.5) is 0 Å². The monoisotopic (exact) mass is 177 g/mol. The summed E-state index contributed by atoms with van der Waals surface area (Å²) in [5, 5.41) is 18.2. The Bertz CT molecular complexity index is 353. The van der Waals surface area contributed by atoms with Crippen LogP contribution < -0.4 is 4.74 Å². The average molecular weight is 177 g/mol. The molecule has 0 bridgehead atoms. The lowest BCUT2D eigenvalue weighted by atomic mass is 10.1. The van der Waals surface area contributed by atoms with Gasteiger partial charge in [-0.25, -0.2) is 0 Å². The number of phenols is 1. The number of benzene rings is 1. The second kappa shape index (κ2) is 3.81. The predicted molar refractivity (Wildman–Crippen MR) is 48.8 cm³/mol. The van der Waals surface area contributed by atoms with Gasteiger partial charge in [0.1, 0.15) is 6.07 Å². The number of nitriles is 1. The summed E-state index contributed by atoms with van der Waals surface area (Å²) in [6.45, 7) is 1.98. The summed E-state index contributed by atoms with van der Waals surface area (Å²) in [7, 11) is 1.47. The van der Waals surface area contributed by atoms with Crippen LogP contribution in [0, 0.1) is 11.3 Å². The number of phenolic OH excluding ortho intramolecular Hbond substituents is 1. The van der Waals surface area contributed by atoms with Crippen molar-refractivity contribution in [3.05, 3.63) is 23.3 Å². The Balaban J connectivity index is 3.31. The maximum atomic E-state index is 9.46. The van der Waals surface area contributed by atoms with Crippen molar-refractivity contribution in [1.29, 1.82) is 5.26 Å². The molecule has 1 aromatic carbocycles. The van der Waals surface area contributed by atoms with Crippen LogP contribution in [-0.2, 0) is 6.42 Å². The van der Waals surface area contributed by atoms with E-state index in [-0.39, 0.29) is 11.3 Å². The third-order valence-corrected chi connectivity index (χ3v) is 1.88. The summed E-state index contributed by atoms with van der Waals surface area (Å²) in [6.07, 6.45) is 0.811. The van der Waals surface area contributed by atoms with Gasteiger partial charge in [-0.2, -0.15) is 5.26 Å². The molecule has 0 saturated heterocycles. The molecule has 13 heavy (non-hydrogen) atoms. The lowest BCUT2D eigenvalue weighted by Gasteiger charge is -2.06. The minimum absolute atomic E-state index is 0.0813. The summed E-state index contributed by atoms with van der Waals surface area (Å²) in [5.74, 6) is 0.276. The molecule has 1 aromatic rings. The first-order valence-corrected chi connectivity index (χ1v) is 4.02. The van der Waals surface area contributed by atoms with Crippen LogP contribution in [0.25, 0.3) is 0 Å². The van der Waals surface area contributed by atoms with Gasteiger partial charge < -0.3 is 9.84 Å². The normalized spacial score (nSPS) is 9.31. The zero-order valence-electron chi connectivity index (χ0n) is 7.66. The lowest BCUT2D eigenvalue weighted by Crippen LogP contribution is -1.90. The van der Waals surface area contributed by atoms with E-state index in [4.69, 9.17) is 10.00 Å². The molecule has 0 aliphatic heterocycles. The largest absolute Gasteiger partial charge is 0.503 e. The number of aryl methyl sites for hydroxylation is 1. The van der Waals surface area contributed by atoms with Gasteiger partial charge in [0.25, 0.3) is 0 Å². The van der Waals surface area contributed by atoms with Crippen molar-refractivity contribution in [1.82, 2.24) is 0 Å². The Hall–Kier alpha value is -1.69. The van der Waals surface area contributed by atoms with Crippen molar-refractivity contribution in [2.75, 3.05) is 7.11 Å². The van der Waals surface area contributed by atoms with Crippen LogP contribution in [-0.4, -0.2) is 12.2 Å². The van der Waals surface area contributed by atoms with Crippen LogP contribution in [0.3, 0.4) is 0 Å². The summed E-state index contributed by atoms with van der Waals surface area (Å²) < 4.78 is 4.93. The van der Waals surface area contributed by atoms with Crippen LogP contribution in [0.15, 0.2) is 12.1 Å². The number of methoxy groups -OCH3 is 1. The molecule has 0 heterocycles. The first-order chi connectivity index (χ1) is 6.22. The first-order valence-electron chi connectivity index (χ1n) is 4.02. The van der Waals surface area contributed by atoms with Gasteiger partial charge in [0.05, 0.1) is 12.7 Å². The molecular weight excluding hydrogens is 166 g/mol. The quantitative estimate of drug-likeness (QED) is 0.749. The summed E-state index contributed by atoms with van der Waals surface area (Å²) in [5.41, 5.74) is 1.24. The van der Waals surface area contributed by atoms with Crippen molar-refractivity contribution in [2.24, 2.45) is 0 Å². The molecule has 0 aliphatic rings. The zero-order valence-corrected chi connectivity index (χ0v) is 7.66. The third-order valence-electron chi connectivity index (χ3n) is 1.88. The predicted octanol–water partition coefficient (Wildman–Crippen LogP) is 1.83. The van der Waals surface area contributed by atoms with Crippen molar-refractivity contribution < 1.29 is 9.84 Å². The zero-order chi connectivity index (χ0) is 9.84. The van der Waals surface area contributed by atoms with E-state index in [0.29, 0.717) is 5.75 Å². The molecule has 0 aliphatic carbocycles. The van der Waals surface area contributed by atoms with Crippen LogP contribution in [0.5, 0.6) is 11.5 Å². The molecule has 0 fully saturated rings. The van der Waals surface area contributed by atoms with E-state index in [1.807, 2.05) is 13.0 Å². The molecule has 0 aromatic heterocycles. The van der Waals surface area contributed by atoms with Gasteiger partial charge in [0.15, 0.2) is 11.5 Å². The van der Waals surface area contributed by atoms with Gasteiger partial charge in [-0.1, -0.05) is 6.92 Å². The topological polar surface area (TPSA) is 53.2 Å². The van der Waals surface area contributed by atoms with Gasteiger partial charge >= 0.3 is 0 Å². The van der Waals surface area contributed by atoms with E-state index in [1.54, 1.807) is 12.1 Å². The van der Waals surface area contributed by atoms with E-state index in [9.17, 15) is 5.11 Å². The van der Waals surface area contributed by atoms with Crippen molar-refractivity contribution in [3.8, 4) is 17.6 Å². The van der Waals surface area contributed by atoms with Gasteiger partial charge in [-0.3, -0.25) is 0 Å². The van der Waals surface area contributed by atoms with Gasteiger partial charge in [0, 0.05) is 0 Å². The van der Waals surface area contributed by atoms with Crippen molar-refractivity contribution >= 4 is 0 Å². The number of nitrogens with zero attached hydrogens (tertiary/aromatic N) is 1. The summed E-state index contributed by atoms with van der Waals surface area (Å²) >= 11 is 0. The van der Waals surface area contributed by atoms with Gasteiger partial charge in [-0.15, -0.1) is 0 Å². The fraction of sp³-hybridized carbons (Fsp3) is 0.300. The van der Waals surface area contributed by atoms with Crippen molar-refractivity contribution in [2.45, 2.75) is 13.3 Å². The van der Waals surface area contributed by atoms with E-state index >= 15 is 0 Å². The average Bonchev–Trinajstić information content (AvgIpc) is 2.18. The van der Waals surface area contributed by atoms with Crippen LogP contribution in [0.1, 0.15) is 18.1 Å². The lowest BCUT2D eigenvalue weighted by molar-refractivity contribution is 0.372.